The summed E-state index contributed by atoms with van der Waals surface area (Å²) in [5.41, 5.74) is 2.62. The molecule has 0 saturated carbocycles. The Morgan fingerprint density at radius 2 is 1.81 bits per heavy atom. The Morgan fingerprint density at radius 3 is 2.41 bits per heavy atom. The van der Waals surface area contributed by atoms with Gasteiger partial charge in [-0.05, 0) is 61.7 Å². The molecule has 2 aromatic carbocycles. The number of benzene rings is 2. The molecule has 0 bridgehead atoms. The second-order valence-corrected chi connectivity index (χ2v) is 7.71. The molecule has 0 aromatic heterocycles. The highest BCUT2D eigenvalue weighted by Gasteiger charge is 2.26. The van der Waals surface area contributed by atoms with Crippen LogP contribution in [0, 0.1) is 5.92 Å². The number of carbonyl (C=O) groups excluding carboxylic acids is 2. The van der Waals surface area contributed by atoms with Gasteiger partial charge < -0.3 is 10.2 Å². The minimum Gasteiger partial charge on any atom is -0.371 e. The fraction of sp³-hybridized carbons (Fsp3) is 0.333. The van der Waals surface area contributed by atoms with Gasteiger partial charge in [-0.1, -0.05) is 29.3 Å². The number of rotatable bonds is 5. The van der Waals surface area contributed by atoms with Crippen LogP contribution in [0.15, 0.2) is 42.5 Å². The number of hydrogen-bond donors (Lipinski definition) is 1. The van der Waals surface area contributed by atoms with Gasteiger partial charge in [0.25, 0.3) is 0 Å². The largest absolute Gasteiger partial charge is 0.371 e. The summed E-state index contributed by atoms with van der Waals surface area (Å²) < 4.78 is 0. The van der Waals surface area contributed by atoms with Gasteiger partial charge in [-0.15, -0.1) is 0 Å². The van der Waals surface area contributed by atoms with Crippen molar-refractivity contribution in [1.29, 1.82) is 0 Å². The Kier molecular flexibility index (Phi) is 6.40. The predicted molar refractivity (Wildman–Crippen MR) is 110 cm³/mol. The summed E-state index contributed by atoms with van der Waals surface area (Å²) in [6, 6.07) is 12.7. The number of amides is 1. The third-order valence-corrected chi connectivity index (χ3v) is 5.61. The van der Waals surface area contributed by atoms with Crippen LogP contribution < -0.4 is 10.2 Å². The smallest absolute Gasteiger partial charge is 0.223 e. The van der Waals surface area contributed by atoms with Crippen molar-refractivity contribution in [2.45, 2.75) is 25.8 Å². The van der Waals surface area contributed by atoms with Gasteiger partial charge in [0.2, 0.25) is 5.91 Å². The highest BCUT2D eigenvalue weighted by molar-refractivity contribution is 6.35. The zero-order chi connectivity index (χ0) is 19.4. The standard InChI is InChI=1S/C21H22Cl2N2O2/c1-14(19-7-4-17(22)12-20(19)23)24-21(27)16-8-10-25(11-9-16)18-5-2-15(13-26)3-6-18/h2-7,12-14,16H,8-11H2,1H3,(H,24,27)/t14-/m0/s1. The Labute approximate surface area is 169 Å². The van der Waals surface area contributed by atoms with E-state index in [1.54, 1.807) is 12.1 Å². The first-order valence-corrected chi connectivity index (χ1v) is 9.79. The van der Waals surface area contributed by atoms with Crippen LogP contribution in [0.2, 0.25) is 10.0 Å². The first kappa shape index (κ1) is 19.7. The normalized spacial score (nSPS) is 16.0. The van der Waals surface area contributed by atoms with Gasteiger partial charge in [-0.3, -0.25) is 9.59 Å². The van der Waals surface area contributed by atoms with Gasteiger partial charge in [0.15, 0.2) is 0 Å². The van der Waals surface area contributed by atoms with Crippen molar-refractivity contribution in [2.75, 3.05) is 18.0 Å². The molecule has 3 rings (SSSR count). The van der Waals surface area contributed by atoms with E-state index in [2.05, 4.69) is 10.2 Å². The second-order valence-electron chi connectivity index (χ2n) is 6.87. The summed E-state index contributed by atoms with van der Waals surface area (Å²) >= 11 is 12.2. The third-order valence-electron chi connectivity index (χ3n) is 5.05. The molecule has 1 aliphatic heterocycles. The minimum absolute atomic E-state index is 0.0102. The molecule has 4 nitrogen and oxygen atoms in total. The van der Waals surface area contributed by atoms with Crippen LogP contribution in [0.1, 0.15) is 41.7 Å². The average molecular weight is 405 g/mol. The molecule has 27 heavy (non-hydrogen) atoms. The molecule has 1 heterocycles. The molecule has 0 radical (unpaired) electrons. The Morgan fingerprint density at radius 1 is 1.15 bits per heavy atom. The molecule has 142 valence electrons. The van der Waals surface area contributed by atoms with E-state index in [1.807, 2.05) is 37.3 Å². The molecule has 0 aliphatic carbocycles. The van der Waals surface area contributed by atoms with Crippen LogP contribution >= 0.6 is 23.2 Å². The molecular weight excluding hydrogens is 383 g/mol. The number of nitrogens with zero attached hydrogens (tertiary/aromatic N) is 1. The van der Waals surface area contributed by atoms with E-state index in [-0.39, 0.29) is 17.9 Å². The second kappa shape index (κ2) is 8.77. The number of piperidine rings is 1. The number of halogens is 2. The van der Waals surface area contributed by atoms with E-state index in [4.69, 9.17) is 23.2 Å². The van der Waals surface area contributed by atoms with E-state index in [1.165, 1.54) is 0 Å². The Hall–Kier alpha value is -2.04. The summed E-state index contributed by atoms with van der Waals surface area (Å²) in [5.74, 6) is 0.0495. The highest BCUT2D eigenvalue weighted by atomic mass is 35.5. The zero-order valence-corrected chi connectivity index (χ0v) is 16.6. The van der Waals surface area contributed by atoms with Crippen LogP contribution in [0.4, 0.5) is 5.69 Å². The van der Waals surface area contributed by atoms with E-state index in [9.17, 15) is 9.59 Å². The lowest BCUT2D eigenvalue weighted by molar-refractivity contribution is -0.126. The van der Waals surface area contributed by atoms with Crippen molar-refractivity contribution in [3.05, 3.63) is 63.6 Å². The van der Waals surface area contributed by atoms with Crippen LogP contribution in [-0.2, 0) is 4.79 Å². The van der Waals surface area contributed by atoms with Gasteiger partial charge in [0, 0.05) is 40.3 Å². The quantitative estimate of drug-likeness (QED) is 0.720. The average Bonchev–Trinajstić information content (AvgIpc) is 2.68. The highest BCUT2D eigenvalue weighted by Crippen LogP contribution is 2.28. The van der Waals surface area contributed by atoms with E-state index < -0.39 is 0 Å². The molecule has 0 spiro atoms. The molecule has 1 amide bonds. The maximum Gasteiger partial charge on any atom is 0.223 e. The molecular formula is C21H22Cl2N2O2. The van der Waals surface area contributed by atoms with Crippen LogP contribution in [-0.4, -0.2) is 25.3 Å². The van der Waals surface area contributed by atoms with Crippen molar-refractivity contribution in [3.8, 4) is 0 Å². The molecule has 1 N–H and O–H groups in total. The molecule has 0 unspecified atom stereocenters. The fourth-order valence-corrected chi connectivity index (χ4v) is 4.00. The molecule has 1 aliphatic rings. The number of hydrogen-bond acceptors (Lipinski definition) is 3. The molecule has 1 saturated heterocycles. The number of aldehydes is 1. The first-order chi connectivity index (χ1) is 13.0. The van der Waals surface area contributed by atoms with Crippen LogP contribution in [0.25, 0.3) is 0 Å². The number of anilines is 1. The first-order valence-electron chi connectivity index (χ1n) is 9.03. The van der Waals surface area contributed by atoms with E-state index in [0.717, 1.165) is 43.5 Å². The van der Waals surface area contributed by atoms with Crippen LogP contribution in [0.5, 0.6) is 0 Å². The van der Waals surface area contributed by atoms with Crippen LogP contribution in [0.3, 0.4) is 0 Å². The molecule has 2 aromatic rings. The van der Waals surface area contributed by atoms with Crippen molar-refractivity contribution >= 4 is 41.1 Å². The van der Waals surface area contributed by atoms with E-state index in [0.29, 0.717) is 15.6 Å². The summed E-state index contributed by atoms with van der Waals surface area (Å²) in [4.78, 5) is 25.7. The monoisotopic (exact) mass is 404 g/mol. The maximum absolute atomic E-state index is 12.6. The van der Waals surface area contributed by atoms with Gasteiger partial charge in [-0.2, -0.15) is 0 Å². The summed E-state index contributed by atoms with van der Waals surface area (Å²) in [6.07, 6.45) is 2.43. The maximum atomic E-state index is 12.6. The molecule has 1 fully saturated rings. The number of carbonyl (C=O) groups is 2. The van der Waals surface area contributed by atoms with Crippen molar-refractivity contribution < 1.29 is 9.59 Å². The van der Waals surface area contributed by atoms with Crippen molar-refractivity contribution in [2.24, 2.45) is 5.92 Å². The lowest BCUT2D eigenvalue weighted by atomic mass is 9.94. The van der Waals surface area contributed by atoms with Gasteiger partial charge in [0.1, 0.15) is 6.29 Å². The molecule has 6 heteroatoms. The number of nitrogens with one attached hydrogen (secondary N) is 1. The van der Waals surface area contributed by atoms with Crippen molar-refractivity contribution in [3.63, 3.8) is 0 Å². The lowest BCUT2D eigenvalue weighted by Crippen LogP contribution is -2.41. The fourth-order valence-electron chi connectivity index (χ4n) is 3.43. The van der Waals surface area contributed by atoms with Gasteiger partial charge in [0.05, 0.1) is 6.04 Å². The molecule has 1 atom stereocenters. The third kappa shape index (κ3) is 4.82. The summed E-state index contributed by atoms with van der Waals surface area (Å²) in [7, 11) is 0. The Bertz CT molecular complexity index is 815. The van der Waals surface area contributed by atoms with E-state index >= 15 is 0 Å². The summed E-state index contributed by atoms with van der Waals surface area (Å²) in [5, 5.41) is 4.21. The van der Waals surface area contributed by atoms with Gasteiger partial charge in [-0.25, -0.2) is 0 Å². The minimum atomic E-state index is -0.170. The summed E-state index contributed by atoms with van der Waals surface area (Å²) in [6.45, 7) is 3.56. The SMILES string of the molecule is C[C@H](NC(=O)C1CCN(c2ccc(C=O)cc2)CC1)c1ccc(Cl)cc1Cl. The topological polar surface area (TPSA) is 49.4 Å². The Balaban J connectivity index is 1.55. The predicted octanol–water partition coefficient (Wildman–Crippen LogP) is 4.90. The zero-order valence-electron chi connectivity index (χ0n) is 15.1. The van der Waals surface area contributed by atoms with Crippen molar-refractivity contribution in [1.82, 2.24) is 5.32 Å². The van der Waals surface area contributed by atoms with Gasteiger partial charge >= 0.3 is 0 Å². The lowest BCUT2D eigenvalue weighted by Gasteiger charge is -2.33.